The van der Waals surface area contributed by atoms with Crippen LogP contribution in [0.4, 0.5) is 0 Å². The Bertz CT molecular complexity index is 799. The summed E-state index contributed by atoms with van der Waals surface area (Å²) >= 11 is 0. The van der Waals surface area contributed by atoms with E-state index in [1.54, 1.807) is 0 Å². The van der Waals surface area contributed by atoms with E-state index in [0.717, 1.165) is 44.6 Å². The van der Waals surface area contributed by atoms with Crippen LogP contribution in [0.5, 0.6) is 0 Å². The van der Waals surface area contributed by atoms with Crippen LogP contribution in [-0.2, 0) is 17.8 Å². The molecule has 5 heteroatoms. The Morgan fingerprint density at radius 1 is 1.14 bits per heavy atom. The molecule has 5 nitrogen and oxygen atoms in total. The van der Waals surface area contributed by atoms with Crippen LogP contribution in [0.1, 0.15) is 62.1 Å². The van der Waals surface area contributed by atoms with Gasteiger partial charge in [0.2, 0.25) is 5.91 Å². The lowest BCUT2D eigenvalue weighted by Gasteiger charge is -2.40. The van der Waals surface area contributed by atoms with Gasteiger partial charge in [0.15, 0.2) is 0 Å². The van der Waals surface area contributed by atoms with Gasteiger partial charge in [0.05, 0.1) is 6.20 Å². The molecular weight excluding hydrogens is 360 g/mol. The van der Waals surface area contributed by atoms with Crippen LogP contribution in [0.3, 0.4) is 0 Å². The van der Waals surface area contributed by atoms with E-state index in [1.807, 2.05) is 12.4 Å². The molecule has 2 saturated heterocycles. The molecule has 2 aliphatic rings. The molecule has 2 fully saturated rings. The van der Waals surface area contributed by atoms with Crippen molar-refractivity contribution in [2.24, 2.45) is 5.41 Å². The maximum atomic E-state index is 12.7. The average molecular weight is 395 g/mol. The fourth-order valence-corrected chi connectivity index (χ4v) is 5.02. The molecule has 1 aromatic carbocycles. The summed E-state index contributed by atoms with van der Waals surface area (Å²) in [5.74, 6) is 0.877. The van der Waals surface area contributed by atoms with Crippen LogP contribution in [0.25, 0.3) is 0 Å². The number of hydrogen-bond acceptors (Lipinski definition) is 3. The number of amides is 1. The van der Waals surface area contributed by atoms with Gasteiger partial charge in [0.1, 0.15) is 0 Å². The Hall–Kier alpha value is -2.14. The Morgan fingerprint density at radius 3 is 2.69 bits per heavy atom. The van der Waals surface area contributed by atoms with Gasteiger partial charge in [0, 0.05) is 44.2 Å². The lowest BCUT2D eigenvalue weighted by atomic mass is 9.79. The number of H-pyrrole nitrogens is 1. The second-order valence-corrected chi connectivity index (χ2v) is 9.38. The fraction of sp³-hybridized carbons (Fsp3) is 0.583. The molecule has 4 rings (SSSR count). The predicted octanol–water partition coefficient (Wildman–Crippen LogP) is 3.98. The maximum absolute atomic E-state index is 12.7. The standard InChI is InChI=1S/C24H34N4O/c1-19(2)22-7-4-20(5-8-22)16-27-12-3-10-24(17-27)11-13-28(18-24)23(29)9-6-21-14-25-26-15-21/h4-5,7-8,14-15,19H,3,6,9-13,16-18H2,1-2H3,(H,25,26)/t24-/m0/s1. The zero-order valence-corrected chi connectivity index (χ0v) is 17.9. The number of aryl methyl sites for hydroxylation is 1. The van der Waals surface area contributed by atoms with Crippen molar-refractivity contribution in [1.29, 1.82) is 0 Å². The van der Waals surface area contributed by atoms with Gasteiger partial charge in [-0.1, -0.05) is 38.1 Å². The summed E-state index contributed by atoms with van der Waals surface area (Å²) in [7, 11) is 0. The monoisotopic (exact) mass is 394 g/mol. The minimum atomic E-state index is 0.293. The highest BCUT2D eigenvalue weighted by atomic mass is 16.2. The molecule has 0 radical (unpaired) electrons. The van der Waals surface area contributed by atoms with Crippen molar-refractivity contribution in [1.82, 2.24) is 20.0 Å². The molecule has 0 bridgehead atoms. The van der Waals surface area contributed by atoms with Crippen LogP contribution >= 0.6 is 0 Å². The summed E-state index contributed by atoms with van der Waals surface area (Å²) in [6.07, 6.45) is 8.69. The predicted molar refractivity (Wildman–Crippen MR) is 116 cm³/mol. The van der Waals surface area contributed by atoms with Crippen molar-refractivity contribution < 1.29 is 4.79 Å². The zero-order chi connectivity index (χ0) is 20.3. The van der Waals surface area contributed by atoms with E-state index in [9.17, 15) is 4.79 Å². The Kier molecular flexibility index (Phi) is 6.04. The molecule has 1 atom stereocenters. The molecule has 3 heterocycles. The minimum Gasteiger partial charge on any atom is -0.342 e. The number of benzene rings is 1. The first-order valence-electron chi connectivity index (χ1n) is 11.1. The SMILES string of the molecule is CC(C)c1ccc(CN2CCC[C@]3(CCN(C(=O)CCc4cn[nH]c4)C3)C2)cc1. The molecule has 1 aromatic heterocycles. The minimum absolute atomic E-state index is 0.293. The number of carbonyl (C=O) groups is 1. The van der Waals surface area contributed by atoms with E-state index in [2.05, 4.69) is 58.1 Å². The fourth-order valence-electron chi connectivity index (χ4n) is 5.02. The van der Waals surface area contributed by atoms with Gasteiger partial charge in [-0.3, -0.25) is 14.8 Å². The lowest BCUT2D eigenvalue weighted by Crippen LogP contribution is -2.45. The number of nitrogens with zero attached hydrogens (tertiary/aromatic N) is 3. The molecule has 0 aliphatic carbocycles. The van der Waals surface area contributed by atoms with Crippen LogP contribution in [0.15, 0.2) is 36.7 Å². The highest BCUT2D eigenvalue weighted by Gasteiger charge is 2.42. The Balaban J connectivity index is 1.31. The molecule has 2 aromatic rings. The summed E-state index contributed by atoms with van der Waals surface area (Å²) in [5, 5.41) is 6.79. The smallest absolute Gasteiger partial charge is 0.222 e. The van der Waals surface area contributed by atoms with E-state index in [1.165, 1.54) is 30.5 Å². The van der Waals surface area contributed by atoms with Crippen molar-refractivity contribution in [3.05, 3.63) is 53.3 Å². The van der Waals surface area contributed by atoms with Gasteiger partial charge in [-0.05, 0) is 54.8 Å². The molecule has 29 heavy (non-hydrogen) atoms. The topological polar surface area (TPSA) is 52.2 Å². The summed E-state index contributed by atoms with van der Waals surface area (Å²) < 4.78 is 0. The van der Waals surface area contributed by atoms with Crippen molar-refractivity contribution in [3.63, 3.8) is 0 Å². The zero-order valence-electron chi connectivity index (χ0n) is 17.9. The summed E-state index contributed by atoms with van der Waals surface area (Å²) in [5.41, 5.74) is 4.21. The molecule has 156 valence electrons. The van der Waals surface area contributed by atoms with Gasteiger partial charge in [-0.15, -0.1) is 0 Å². The first kappa shape index (κ1) is 20.1. The van der Waals surface area contributed by atoms with E-state index in [4.69, 9.17) is 0 Å². The van der Waals surface area contributed by atoms with E-state index >= 15 is 0 Å². The third kappa shape index (κ3) is 4.89. The maximum Gasteiger partial charge on any atom is 0.222 e. The summed E-state index contributed by atoms with van der Waals surface area (Å²) in [4.78, 5) is 17.4. The molecule has 1 N–H and O–H groups in total. The van der Waals surface area contributed by atoms with Crippen molar-refractivity contribution in [2.75, 3.05) is 26.2 Å². The van der Waals surface area contributed by atoms with Crippen LogP contribution in [0.2, 0.25) is 0 Å². The second-order valence-electron chi connectivity index (χ2n) is 9.38. The molecule has 0 saturated carbocycles. The van der Waals surface area contributed by atoms with Gasteiger partial charge < -0.3 is 4.90 Å². The van der Waals surface area contributed by atoms with Gasteiger partial charge in [-0.25, -0.2) is 0 Å². The highest BCUT2D eigenvalue weighted by molar-refractivity contribution is 5.76. The number of piperidine rings is 1. The van der Waals surface area contributed by atoms with Gasteiger partial charge >= 0.3 is 0 Å². The molecule has 1 amide bonds. The normalized spacial score (nSPS) is 22.7. The number of aromatic amines is 1. The third-order valence-electron chi connectivity index (χ3n) is 6.77. The first-order chi connectivity index (χ1) is 14.0. The molecular formula is C24H34N4O. The van der Waals surface area contributed by atoms with E-state index in [-0.39, 0.29) is 0 Å². The third-order valence-corrected chi connectivity index (χ3v) is 6.77. The molecule has 0 unspecified atom stereocenters. The first-order valence-corrected chi connectivity index (χ1v) is 11.1. The number of aromatic nitrogens is 2. The second kappa shape index (κ2) is 8.70. The van der Waals surface area contributed by atoms with E-state index in [0.29, 0.717) is 23.7 Å². The quantitative estimate of drug-likeness (QED) is 0.806. The number of rotatable bonds is 6. The number of likely N-dealkylation sites (tertiary alicyclic amines) is 2. The summed E-state index contributed by atoms with van der Waals surface area (Å²) in [6, 6.07) is 9.12. The Morgan fingerprint density at radius 2 is 1.97 bits per heavy atom. The molecule has 2 aliphatic heterocycles. The largest absolute Gasteiger partial charge is 0.342 e. The van der Waals surface area contributed by atoms with Crippen molar-refractivity contribution in [2.45, 2.75) is 58.4 Å². The van der Waals surface area contributed by atoms with Crippen molar-refractivity contribution >= 4 is 5.91 Å². The number of carbonyl (C=O) groups excluding carboxylic acids is 1. The van der Waals surface area contributed by atoms with E-state index < -0.39 is 0 Å². The lowest BCUT2D eigenvalue weighted by molar-refractivity contribution is -0.130. The van der Waals surface area contributed by atoms with Gasteiger partial charge in [-0.2, -0.15) is 5.10 Å². The highest BCUT2D eigenvalue weighted by Crippen LogP contribution is 2.39. The van der Waals surface area contributed by atoms with Gasteiger partial charge in [0.25, 0.3) is 0 Å². The number of nitrogens with one attached hydrogen (secondary N) is 1. The summed E-state index contributed by atoms with van der Waals surface area (Å²) in [6.45, 7) is 9.64. The van der Waals surface area contributed by atoms with Crippen LogP contribution < -0.4 is 0 Å². The average Bonchev–Trinajstić information content (AvgIpc) is 3.37. The van der Waals surface area contributed by atoms with Crippen LogP contribution in [-0.4, -0.2) is 52.1 Å². The van der Waals surface area contributed by atoms with Crippen LogP contribution in [0, 0.1) is 5.41 Å². The van der Waals surface area contributed by atoms with Crippen molar-refractivity contribution in [3.8, 4) is 0 Å². The Labute approximate surface area is 174 Å². The number of hydrogen-bond donors (Lipinski definition) is 1. The molecule has 1 spiro atoms.